The normalized spacial score (nSPS) is 16.2. The Morgan fingerprint density at radius 3 is 2.62 bits per heavy atom. The molecule has 0 saturated carbocycles. The zero-order valence-electron chi connectivity index (χ0n) is 13.5. The van der Waals surface area contributed by atoms with Crippen LogP contribution in [0.4, 0.5) is 5.82 Å². The number of hydrogen-bond donors (Lipinski definition) is 0. The molecule has 0 aliphatic carbocycles. The van der Waals surface area contributed by atoms with Crippen molar-refractivity contribution >= 4 is 17.5 Å². The smallest absolute Gasteiger partial charge is 0.177 e. The maximum absolute atomic E-state index is 4.57. The first-order valence-corrected chi connectivity index (χ1v) is 8.24. The van der Waals surface area contributed by atoms with E-state index in [1.165, 1.54) is 5.56 Å². The minimum atomic E-state index is 0.781. The summed E-state index contributed by atoms with van der Waals surface area (Å²) in [6.45, 7) is 5.04. The second-order valence-electron chi connectivity index (χ2n) is 5.93. The van der Waals surface area contributed by atoms with Crippen LogP contribution in [0.2, 0.25) is 0 Å². The van der Waals surface area contributed by atoms with Gasteiger partial charge in [0.1, 0.15) is 12.1 Å². The quantitative estimate of drug-likeness (QED) is 0.735. The first kappa shape index (κ1) is 14.8. The fourth-order valence-corrected chi connectivity index (χ4v) is 2.95. The highest BCUT2D eigenvalue weighted by molar-refractivity contribution is 5.49. The highest BCUT2D eigenvalue weighted by Crippen LogP contribution is 2.14. The lowest BCUT2D eigenvalue weighted by Gasteiger charge is -2.34. The largest absolute Gasteiger partial charge is 0.353 e. The first-order valence-electron chi connectivity index (χ1n) is 8.24. The van der Waals surface area contributed by atoms with E-state index in [1.807, 2.05) is 18.2 Å². The lowest BCUT2D eigenvalue weighted by molar-refractivity contribution is 0.283. The molecule has 122 valence electrons. The van der Waals surface area contributed by atoms with Gasteiger partial charge in [0.05, 0.1) is 0 Å². The van der Waals surface area contributed by atoms with E-state index < -0.39 is 0 Å². The number of fused-ring (bicyclic) bond motifs is 1. The molecule has 1 aromatic carbocycles. The van der Waals surface area contributed by atoms with Crippen molar-refractivity contribution in [1.82, 2.24) is 24.7 Å². The standard InChI is InChI=1S/C18H20N6/c1-2-5-16(6-3-1)7-4-10-22-11-13-23(14-12-22)18-9-8-17-20-19-15-24(17)21-18/h1-9,15H,10-14H2/b7-4+. The molecule has 1 aliphatic heterocycles. The molecule has 4 rings (SSSR count). The van der Waals surface area contributed by atoms with Gasteiger partial charge in [-0.05, 0) is 17.7 Å². The number of piperazine rings is 1. The van der Waals surface area contributed by atoms with Crippen molar-refractivity contribution in [2.45, 2.75) is 0 Å². The summed E-state index contributed by atoms with van der Waals surface area (Å²) in [6, 6.07) is 14.4. The Morgan fingerprint density at radius 2 is 1.79 bits per heavy atom. The van der Waals surface area contributed by atoms with Gasteiger partial charge in [-0.3, -0.25) is 4.90 Å². The van der Waals surface area contributed by atoms with Gasteiger partial charge in [0.15, 0.2) is 5.65 Å². The number of nitrogens with zero attached hydrogens (tertiary/aromatic N) is 6. The highest BCUT2D eigenvalue weighted by Gasteiger charge is 2.17. The van der Waals surface area contributed by atoms with E-state index >= 15 is 0 Å². The molecule has 0 amide bonds. The van der Waals surface area contributed by atoms with Gasteiger partial charge < -0.3 is 4.90 Å². The lowest BCUT2D eigenvalue weighted by Crippen LogP contribution is -2.46. The first-order chi connectivity index (χ1) is 11.9. The Labute approximate surface area is 141 Å². The van der Waals surface area contributed by atoms with Crippen LogP contribution in [-0.2, 0) is 0 Å². The molecule has 6 heteroatoms. The predicted molar refractivity (Wildman–Crippen MR) is 94.9 cm³/mol. The van der Waals surface area contributed by atoms with E-state index in [1.54, 1.807) is 10.8 Å². The summed E-state index contributed by atoms with van der Waals surface area (Å²) < 4.78 is 1.73. The molecule has 0 atom stereocenters. The lowest BCUT2D eigenvalue weighted by atomic mass is 10.2. The van der Waals surface area contributed by atoms with Crippen LogP contribution in [0.15, 0.2) is 54.9 Å². The zero-order chi connectivity index (χ0) is 16.2. The molecule has 0 radical (unpaired) electrons. The van der Waals surface area contributed by atoms with Crippen molar-refractivity contribution in [3.63, 3.8) is 0 Å². The van der Waals surface area contributed by atoms with E-state index in [2.05, 4.69) is 61.5 Å². The van der Waals surface area contributed by atoms with Crippen LogP contribution in [0.5, 0.6) is 0 Å². The minimum Gasteiger partial charge on any atom is -0.353 e. The van der Waals surface area contributed by atoms with E-state index in [0.29, 0.717) is 0 Å². The van der Waals surface area contributed by atoms with Crippen molar-refractivity contribution in [1.29, 1.82) is 0 Å². The molecular formula is C18H20N6. The second-order valence-corrected chi connectivity index (χ2v) is 5.93. The number of anilines is 1. The Bertz CT molecular complexity index is 818. The van der Waals surface area contributed by atoms with E-state index in [9.17, 15) is 0 Å². The number of benzene rings is 1. The van der Waals surface area contributed by atoms with Crippen LogP contribution >= 0.6 is 0 Å². The van der Waals surface area contributed by atoms with Crippen molar-refractivity contribution in [3.05, 3.63) is 60.4 Å². The van der Waals surface area contributed by atoms with Crippen LogP contribution < -0.4 is 4.90 Å². The number of aromatic nitrogens is 4. The van der Waals surface area contributed by atoms with Crippen molar-refractivity contribution < 1.29 is 0 Å². The molecule has 6 nitrogen and oxygen atoms in total. The van der Waals surface area contributed by atoms with E-state index in [4.69, 9.17) is 0 Å². The molecule has 0 spiro atoms. The molecule has 0 unspecified atom stereocenters. The third-order valence-corrected chi connectivity index (χ3v) is 4.32. The fourth-order valence-electron chi connectivity index (χ4n) is 2.95. The van der Waals surface area contributed by atoms with Crippen molar-refractivity contribution in [2.75, 3.05) is 37.6 Å². The third-order valence-electron chi connectivity index (χ3n) is 4.32. The predicted octanol–water partition coefficient (Wildman–Crippen LogP) is 1.96. The van der Waals surface area contributed by atoms with Crippen LogP contribution in [0.1, 0.15) is 5.56 Å². The summed E-state index contributed by atoms with van der Waals surface area (Å²) in [4.78, 5) is 4.78. The van der Waals surface area contributed by atoms with Crippen LogP contribution in [0.25, 0.3) is 11.7 Å². The van der Waals surface area contributed by atoms with Gasteiger partial charge in [0.25, 0.3) is 0 Å². The molecule has 1 saturated heterocycles. The maximum atomic E-state index is 4.57. The fraction of sp³-hybridized carbons (Fsp3) is 0.278. The van der Waals surface area contributed by atoms with Gasteiger partial charge in [-0.2, -0.15) is 4.52 Å². The summed E-state index contributed by atoms with van der Waals surface area (Å²) in [5.41, 5.74) is 2.03. The van der Waals surface area contributed by atoms with Crippen molar-refractivity contribution in [3.8, 4) is 0 Å². The SMILES string of the molecule is C(=C\c1ccccc1)/CN1CCN(c2ccc3nncn3n2)CC1. The summed E-state index contributed by atoms with van der Waals surface area (Å²) >= 11 is 0. The van der Waals surface area contributed by atoms with Crippen LogP contribution in [-0.4, -0.2) is 57.4 Å². The topological polar surface area (TPSA) is 49.6 Å². The van der Waals surface area contributed by atoms with Gasteiger partial charge in [0, 0.05) is 32.7 Å². The van der Waals surface area contributed by atoms with Gasteiger partial charge in [-0.25, -0.2) is 0 Å². The monoisotopic (exact) mass is 320 g/mol. The molecular weight excluding hydrogens is 300 g/mol. The van der Waals surface area contributed by atoms with E-state index in [0.717, 1.165) is 44.2 Å². The average Bonchev–Trinajstić information content (AvgIpc) is 3.11. The summed E-state index contributed by atoms with van der Waals surface area (Å²) in [5, 5.41) is 12.4. The third kappa shape index (κ3) is 3.28. The molecule has 3 heterocycles. The molecule has 24 heavy (non-hydrogen) atoms. The summed E-state index contributed by atoms with van der Waals surface area (Å²) in [5.74, 6) is 0.988. The Hall–Kier alpha value is -2.73. The molecule has 2 aromatic heterocycles. The second kappa shape index (κ2) is 6.80. The summed E-state index contributed by atoms with van der Waals surface area (Å²) in [6.07, 6.45) is 6.07. The van der Waals surface area contributed by atoms with Crippen LogP contribution in [0.3, 0.4) is 0 Å². The maximum Gasteiger partial charge on any atom is 0.177 e. The van der Waals surface area contributed by atoms with Gasteiger partial charge >= 0.3 is 0 Å². The summed E-state index contributed by atoms with van der Waals surface area (Å²) in [7, 11) is 0. The molecule has 0 N–H and O–H groups in total. The number of hydrogen-bond acceptors (Lipinski definition) is 5. The van der Waals surface area contributed by atoms with Gasteiger partial charge in [-0.1, -0.05) is 42.5 Å². The van der Waals surface area contributed by atoms with Gasteiger partial charge in [0.2, 0.25) is 0 Å². The molecule has 0 bridgehead atoms. The van der Waals surface area contributed by atoms with Crippen molar-refractivity contribution in [2.24, 2.45) is 0 Å². The molecule has 1 fully saturated rings. The van der Waals surface area contributed by atoms with Gasteiger partial charge in [-0.15, -0.1) is 15.3 Å². The number of rotatable bonds is 4. The highest BCUT2D eigenvalue weighted by atomic mass is 15.4. The van der Waals surface area contributed by atoms with Crippen LogP contribution in [0, 0.1) is 0 Å². The minimum absolute atomic E-state index is 0.781. The molecule has 3 aromatic rings. The zero-order valence-corrected chi connectivity index (χ0v) is 13.5. The molecule has 1 aliphatic rings. The Balaban J connectivity index is 1.32. The Morgan fingerprint density at radius 1 is 0.958 bits per heavy atom. The average molecular weight is 320 g/mol. The Kier molecular flexibility index (Phi) is 4.20. The van der Waals surface area contributed by atoms with E-state index in [-0.39, 0.29) is 0 Å².